The molecule has 0 spiro atoms. The number of methoxy groups -OCH3 is 1. The van der Waals surface area contributed by atoms with Gasteiger partial charge in [-0.3, -0.25) is 9.59 Å². The van der Waals surface area contributed by atoms with Gasteiger partial charge in [0, 0.05) is 11.4 Å². The molecule has 3 aromatic carbocycles. The Morgan fingerprint density at radius 1 is 0.862 bits per heavy atom. The zero-order valence-electron chi connectivity index (χ0n) is 15.7. The molecule has 0 aromatic heterocycles. The smallest absolute Gasteiger partial charge is 0.257 e. The van der Waals surface area contributed by atoms with Crippen molar-refractivity contribution in [3.63, 3.8) is 0 Å². The number of benzene rings is 3. The van der Waals surface area contributed by atoms with Crippen LogP contribution in [0.2, 0.25) is 0 Å². The second-order valence-corrected chi connectivity index (χ2v) is 6.11. The molecule has 6 nitrogen and oxygen atoms in total. The van der Waals surface area contributed by atoms with Crippen molar-refractivity contribution in [1.82, 2.24) is 0 Å². The van der Waals surface area contributed by atoms with Crippen LogP contribution in [-0.2, 0) is 4.79 Å². The second kappa shape index (κ2) is 9.36. The van der Waals surface area contributed by atoms with Crippen molar-refractivity contribution in [2.75, 3.05) is 29.6 Å². The van der Waals surface area contributed by atoms with Crippen LogP contribution in [0, 0.1) is 5.82 Å². The average molecular weight is 393 g/mol. The first-order valence-corrected chi connectivity index (χ1v) is 8.89. The van der Waals surface area contributed by atoms with Crippen molar-refractivity contribution in [2.24, 2.45) is 0 Å². The number of hydrogen-bond donors (Lipinski definition) is 3. The molecule has 2 amide bonds. The van der Waals surface area contributed by atoms with Crippen molar-refractivity contribution >= 4 is 28.9 Å². The van der Waals surface area contributed by atoms with Gasteiger partial charge in [-0.2, -0.15) is 0 Å². The largest absolute Gasteiger partial charge is 0.497 e. The highest BCUT2D eigenvalue weighted by Crippen LogP contribution is 2.19. The molecule has 3 rings (SSSR count). The summed E-state index contributed by atoms with van der Waals surface area (Å²) in [6.45, 7) is -0.124. The normalized spacial score (nSPS) is 10.1. The van der Waals surface area contributed by atoms with Crippen molar-refractivity contribution < 1.29 is 18.7 Å². The van der Waals surface area contributed by atoms with Crippen LogP contribution in [0.4, 0.5) is 21.5 Å². The van der Waals surface area contributed by atoms with Crippen LogP contribution in [0.5, 0.6) is 5.75 Å². The maximum absolute atomic E-state index is 13.6. The minimum Gasteiger partial charge on any atom is -0.497 e. The van der Waals surface area contributed by atoms with Crippen LogP contribution in [-0.4, -0.2) is 25.5 Å². The Labute approximate surface area is 167 Å². The van der Waals surface area contributed by atoms with Crippen LogP contribution >= 0.6 is 0 Å². The van der Waals surface area contributed by atoms with E-state index < -0.39 is 11.7 Å². The third-order valence-electron chi connectivity index (χ3n) is 4.11. The molecular formula is C22H20FN3O3. The molecule has 0 unspecified atom stereocenters. The van der Waals surface area contributed by atoms with Gasteiger partial charge in [-0.05, 0) is 48.5 Å². The third kappa shape index (κ3) is 5.32. The second-order valence-electron chi connectivity index (χ2n) is 6.11. The Morgan fingerprint density at radius 3 is 2.21 bits per heavy atom. The number of amides is 2. The molecular weight excluding hydrogens is 373 g/mol. The highest BCUT2D eigenvalue weighted by atomic mass is 19.1. The summed E-state index contributed by atoms with van der Waals surface area (Å²) in [6.07, 6.45) is 0. The third-order valence-corrected chi connectivity index (χ3v) is 4.11. The standard InChI is InChI=1S/C22H20FN3O3/c1-29-16-12-10-15(11-13-16)25-22(28)17-6-2-4-8-19(17)24-14-21(27)26-20-9-5-3-7-18(20)23/h2-13,24H,14H2,1H3,(H,25,28)(H,26,27). The van der Waals surface area contributed by atoms with Crippen LogP contribution in [0.25, 0.3) is 0 Å². The van der Waals surface area contributed by atoms with E-state index in [2.05, 4.69) is 16.0 Å². The van der Waals surface area contributed by atoms with E-state index in [1.807, 2.05) is 0 Å². The lowest BCUT2D eigenvalue weighted by atomic mass is 10.1. The molecule has 3 aromatic rings. The summed E-state index contributed by atoms with van der Waals surface area (Å²) >= 11 is 0. The number of para-hydroxylation sites is 2. The molecule has 0 aliphatic rings. The zero-order valence-corrected chi connectivity index (χ0v) is 15.7. The van der Waals surface area contributed by atoms with Gasteiger partial charge in [0.2, 0.25) is 5.91 Å². The minimum atomic E-state index is -0.514. The summed E-state index contributed by atoms with van der Waals surface area (Å²) in [6, 6.07) is 19.7. The number of rotatable bonds is 7. The van der Waals surface area contributed by atoms with Crippen molar-refractivity contribution in [1.29, 1.82) is 0 Å². The van der Waals surface area contributed by atoms with Gasteiger partial charge in [0.25, 0.3) is 5.91 Å². The number of anilines is 3. The van der Waals surface area contributed by atoms with E-state index in [1.54, 1.807) is 67.8 Å². The average Bonchev–Trinajstić information content (AvgIpc) is 2.74. The van der Waals surface area contributed by atoms with E-state index >= 15 is 0 Å². The molecule has 0 fully saturated rings. The van der Waals surface area contributed by atoms with E-state index in [0.29, 0.717) is 22.7 Å². The lowest BCUT2D eigenvalue weighted by molar-refractivity contribution is -0.114. The van der Waals surface area contributed by atoms with Crippen molar-refractivity contribution in [3.05, 3.63) is 84.2 Å². The Bertz CT molecular complexity index is 1010. The molecule has 0 heterocycles. The maximum Gasteiger partial charge on any atom is 0.257 e. The molecule has 7 heteroatoms. The van der Waals surface area contributed by atoms with Gasteiger partial charge in [0.15, 0.2) is 0 Å². The monoisotopic (exact) mass is 393 g/mol. The minimum absolute atomic E-state index is 0.102. The molecule has 0 radical (unpaired) electrons. The predicted octanol–water partition coefficient (Wildman–Crippen LogP) is 4.14. The Morgan fingerprint density at radius 2 is 1.52 bits per heavy atom. The zero-order chi connectivity index (χ0) is 20.6. The summed E-state index contributed by atoms with van der Waals surface area (Å²) in [4.78, 5) is 24.8. The fourth-order valence-corrected chi connectivity index (χ4v) is 2.64. The predicted molar refractivity (Wildman–Crippen MR) is 111 cm³/mol. The summed E-state index contributed by atoms with van der Waals surface area (Å²) < 4.78 is 18.7. The highest BCUT2D eigenvalue weighted by Gasteiger charge is 2.13. The van der Waals surface area contributed by atoms with Gasteiger partial charge in [-0.25, -0.2) is 4.39 Å². The van der Waals surface area contributed by atoms with Gasteiger partial charge in [0.05, 0.1) is 24.9 Å². The SMILES string of the molecule is COc1ccc(NC(=O)c2ccccc2NCC(=O)Nc2ccccc2F)cc1. The van der Waals surface area contributed by atoms with Gasteiger partial charge in [-0.1, -0.05) is 24.3 Å². The number of carbonyl (C=O) groups is 2. The first kappa shape index (κ1) is 19.9. The Kier molecular flexibility index (Phi) is 6.42. The summed E-state index contributed by atoms with van der Waals surface area (Å²) in [5.74, 6) is -0.584. The lowest BCUT2D eigenvalue weighted by Crippen LogP contribution is -2.23. The van der Waals surface area contributed by atoms with Crippen molar-refractivity contribution in [3.8, 4) is 5.75 Å². The van der Waals surface area contributed by atoms with Gasteiger partial charge in [-0.15, -0.1) is 0 Å². The Hall–Kier alpha value is -3.87. The number of ether oxygens (including phenoxy) is 1. The van der Waals surface area contributed by atoms with Crippen LogP contribution in [0.3, 0.4) is 0 Å². The van der Waals surface area contributed by atoms with E-state index in [0.717, 1.165) is 0 Å². The van der Waals surface area contributed by atoms with E-state index in [4.69, 9.17) is 4.74 Å². The van der Waals surface area contributed by atoms with Crippen LogP contribution in [0.15, 0.2) is 72.8 Å². The van der Waals surface area contributed by atoms with Crippen molar-refractivity contribution in [2.45, 2.75) is 0 Å². The van der Waals surface area contributed by atoms with E-state index in [1.165, 1.54) is 12.1 Å². The highest BCUT2D eigenvalue weighted by molar-refractivity contribution is 6.08. The summed E-state index contributed by atoms with van der Waals surface area (Å²) in [5.41, 5.74) is 1.58. The molecule has 0 saturated heterocycles. The molecule has 0 aliphatic heterocycles. The Balaban J connectivity index is 1.64. The van der Waals surface area contributed by atoms with Gasteiger partial charge >= 0.3 is 0 Å². The molecule has 0 aliphatic carbocycles. The quantitative estimate of drug-likeness (QED) is 0.564. The molecule has 0 saturated carbocycles. The molecule has 148 valence electrons. The molecule has 3 N–H and O–H groups in total. The number of hydrogen-bond acceptors (Lipinski definition) is 4. The molecule has 0 atom stereocenters. The number of carbonyl (C=O) groups excluding carboxylic acids is 2. The topological polar surface area (TPSA) is 79.5 Å². The first-order chi connectivity index (χ1) is 14.1. The van der Waals surface area contributed by atoms with Crippen LogP contribution < -0.4 is 20.7 Å². The van der Waals surface area contributed by atoms with E-state index in [9.17, 15) is 14.0 Å². The molecule has 0 bridgehead atoms. The van der Waals surface area contributed by atoms with E-state index in [-0.39, 0.29) is 18.1 Å². The van der Waals surface area contributed by atoms with Crippen LogP contribution in [0.1, 0.15) is 10.4 Å². The molecule has 29 heavy (non-hydrogen) atoms. The van der Waals surface area contributed by atoms with Gasteiger partial charge in [0.1, 0.15) is 11.6 Å². The fourth-order valence-electron chi connectivity index (χ4n) is 2.64. The first-order valence-electron chi connectivity index (χ1n) is 8.89. The summed E-state index contributed by atoms with van der Waals surface area (Å²) in [7, 11) is 1.57. The van der Waals surface area contributed by atoms with Gasteiger partial charge < -0.3 is 20.7 Å². The summed E-state index contributed by atoms with van der Waals surface area (Å²) in [5, 5.41) is 8.21. The number of nitrogens with one attached hydrogen (secondary N) is 3. The maximum atomic E-state index is 13.6. The fraction of sp³-hybridized carbons (Fsp3) is 0.0909. The lowest BCUT2D eigenvalue weighted by Gasteiger charge is -2.13. The number of halogens is 1.